The summed E-state index contributed by atoms with van der Waals surface area (Å²) in [5.74, 6) is 0. The van der Waals surface area contributed by atoms with Crippen molar-refractivity contribution in [3.05, 3.63) is 139 Å². The van der Waals surface area contributed by atoms with Gasteiger partial charge in [0.05, 0.1) is 0 Å². The van der Waals surface area contributed by atoms with Crippen LogP contribution in [0.3, 0.4) is 0 Å². The number of hydrogen-bond donors (Lipinski definition) is 0. The van der Waals surface area contributed by atoms with Crippen LogP contribution in [0.4, 0.5) is 0 Å². The first-order valence-electron chi connectivity index (χ1n) is 11.0. The van der Waals surface area contributed by atoms with Crippen molar-refractivity contribution in [3.63, 3.8) is 0 Å². The minimum atomic E-state index is -0.493. The van der Waals surface area contributed by atoms with E-state index in [1.165, 1.54) is 43.0 Å². The van der Waals surface area contributed by atoms with Crippen molar-refractivity contribution in [1.29, 1.82) is 0 Å². The monoisotopic (exact) mass is 476 g/mol. The summed E-state index contributed by atoms with van der Waals surface area (Å²) in [6.07, 6.45) is 0. The zero-order valence-corrected chi connectivity index (χ0v) is 21.1. The van der Waals surface area contributed by atoms with E-state index in [9.17, 15) is 0 Å². The van der Waals surface area contributed by atoms with E-state index in [2.05, 4.69) is 140 Å². The molecule has 0 saturated heterocycles. The Labute approximate surface area is 212 Å². The van der Waals surface area contributed by atoms with Gasteiger partial charge in [-0.25, -0.2) is 0 Å². The maximum absolute atomic E-state index is 2.35. The van der Waals surface area contributed by atoms with Gasteiger partial charge in [0.25, 0.3) is 0 Å². The summed E-state index contributed by atoms with van der Waals surface area (Å²) in [7, 11) is -0.493. The molecule has 158 valence electrons. The van der Waals surface area contributed by atoms with Crippen LogP contribution in [-0.4, -0.2) is 0 Å². The zero-order chi connectivity index (χ0) is 21.8. The molecule has 2 heteroatoms. The third-order valence-corrected chi connectivity index (χ3v) is 8.06. The van der Waals surface area contributed by atoms with Crippen LogP contribution in [0.2, 0.25) is 0 Å². The second kappa shape index (κ2) is 10.9. The van der Waals surface area contributed by atoms with E-state index in [0.717, 1.165) is 0 Å². The summed E-state index contributed by atoms with van der Waals surface area (Å²) in [5.41, 5.74) is 1.35. The summed E-state index contributed by atoms with van der Waals surface area (Å²) < 4.78 is 0. The molecule has 0 aliphatic carbocycles. The fourth-order valence-electron chi connectivity index (χ4n) is 4.17. The van der Waals surface area contributed by atoms with Crippen LogP contribution in [0.15, 0.2) is 133 Å². The van der Waals surface area contributed by atoms with Gasteiger partial charge in [0.15, 0.2) is 0 Å². The van der Waals surface area contributed by atoms with Gasteiger partial charge in [-0.05, 0) is 18.5 Å². The summed E-state index contributed by atoms with van der Waals surface area (Å²) in [6, 6.07) is 47.8. The molecule has 0 heterocycles. The van der Waals surface area contributed by atoms with Gasteiger partial charge in [-0.2, -0.15) is 12.1 Å². The third kappa shape index (κ3) is 5.43. The molecule has 0 aliphatic rings. The van der Waals surface area contributed by atoms with E-state index in [1.54, 1.807) is 0 Å². The van der Waals surface area contributed by atoms with Crippen LogP contribution >= 0.6 is 7.92 Å². The largest absolute Gasteiger partial charge is 2.00 e. The number of aryl methyl sites for hydroxylation is 1. The topological polar surface area (TPSA) is 0 Å². The van der Waals surface area contributed by atoms with E-state index in [4.69, 9.17) is 0 Å². The molecule has 6 rings (SSSR count). The second-order valence-corrected chi connectivity index (χ2v) is 10.2. The molecule has 0 aromatic heterocycles. The van der Waals surface area contributed by atoms with Gasteiger partial charge in [0.1, 0.15) is 0 Å². The number of benzene rings is 4. The van der Waals surface area contributed by atoms with Crippen LogP contribution < -0.4 is 15.9 Å². The molecule has 0 amide bonds. The Hall–Kier alpha value is -2.76. The van der Waals surface area contributed by atoms with Crippen LogP contribution in [0.25, 0.3) is 21.5 Å². The van der Waals surface area contributed by atoms with E-state index < -0.39 is 7.92 Å². The van der Waals surface area contributed by atoms with Gasteiger partial charge >= 0.3 is 21.7 Å². The van der Waals surface area contributed by atoms with Crippen molar-refractivity contribution in [2.75, 3.05) is 0 Å². The maximum Gasteiger partial charge on any atom is 2.00 e. The quantitative estimate of drug-likeness (QED) is 0.144. The summed E-state index contributed by atoms with van der Waals surface area (Å²) in [4.78, 5) is 0. The predicted octanol–water partition coefficient (Wildman–Crippen LogP) is 7.18. The minimum absolute atomic E-state index is 0. The smallest absolute Gasteiger partial charge is 0.165 e. The first-order valence-corrected chi connectivity index (χ1v) is 12.3. The second-order valence-electron chi connectivity index (χ2n) is 8.01. The first-order chi connectivity index (χ1) is 15.8. The van der Waals surface area contributed by atoms with Crippen molar-refractivity contribution in [2.24, 2.45) is 0 Å². The molecule has 0 spiro atoms. The molecule has 0 aliphatic heterocycles. The molecule has 33 heavy (non-hydrogen) atoms. The first kappa shape index (κ1) is 23.4. The van der Waals surface area contributed by atoms with Gasteiger partial charge in [0, 0.05) is 0 Å². The van der Waals surface area contributed by atoms with Crippen molar-refractivity contribution >= 4 is 45.4 Å². The molecule has 0 unspecified atom stereocenters. The predicted molar refractivity (Wildman–Crippen MR) is 143 cm³/mol. The molecular weight excluding hydrogens is 451 g/mol. The van der Waals surface area contributed by atoms with Gasteiger partial charge in [-0.1, -0.05) is 79.7 Å². The van der Waals surface area contributed by atoms with E-state index >= 15 is 0 Å². The van der Waals surface area contributed by atoms with Crippen molar-refractivity contribution < 1.29 is 21.7 Å². The van der Waals surface area contributed by atoms with E-state index in [-0.39, 0.29) is 21.7 Å². The van der Waals surface area contributed by atoms with Crippen LogP contribution in [0, 0.1) is 6.92 Å². The normalized spacial score (nSPS) is 10.6. The molecule has 6 aromatic rings. The Bertz CT molecular complexity index is 1320. The summed E-state index contributed by atoms with van der Waals surface area (Å²) >= 11 is 0. The Morgan fingerprint density at radius 1 is 0.515 bits per heavy atom. The Kier molecular flexibility index (Phi) is 7.74. The molecule has 0 saturated carbocycles. The number of hydrogen-bond acceptors (Lipinski definition) is 0. The van der Waals surface area contributed by atoms with Crippen molar-refractivity contribution in [2.45, 2.75) is 6.92 Å². The van der Waals surface area contributed by atoms with E-state index in [0.29, 0.717) is 0 Å². The molecule has 0 N–H and O–H groups in total. The van der Waals surface area contributed by atoms with Gasteiger partial charge < -0.3 is 0 Å². The van der Waals surface area contributed by atoms with Crippen LogP contribution in [0.1, 0.15) is 5.56 Å². The molecular formula is C31H25PTi. The molecule has 0 bridgehead atoms. The summed E-state index contributed by atoms with van der Waals surface area (Å²) in [6.45, 7) is 2.12. The molecule has 0 radical (unpaired) electrons. The molecule has 6 aromatic carbocycles. The van der Waals surface area contributed by atoms with E-state index in [1.807, 2.05) is 0 Å². The van der Waals surface area contributed by atoms with Gasteiger partial charge in [-0.3, -0.25) is 0 Å². The van der Waals surface area contributed by atoms with Gasteiger partial charge in [0.2, 0.25) is 0 Å². The standard InChI is InChI=1S/C21H16P.C10H9.Ti/c1-3-11-19(12-4-1)22(20-13-5-2-6-14-20)21-15-17-9-7-8-10-18(17)16-21;1-8-6-9-4-2-3-5-10(9)7-8;/h1-16H;2-7H,1H3;/q2*-1;+2. The Balaban J connectivity index is 0.000000198. The fourth-order valence-corrected chi connectivity index (χ4v) is 6.54. The molecule has 0 atom stereocenters. The molecule has 0 nitrogen and oxygen atoms in total. The fraction of sp³-hybridized carbons (Fsp3) is 0.0323. The summed E-state index contributed by atoms with van der Waals surface area (Å²) in [5, 5.41) is 9.58. The zero-order valence-electron chi connectivity index (χ0n) is 18.6. The van der Waals surface area contributed by atoms with Gasteiger partial charge in [-0.15, -0.1) is 80.9 Å². The number of fused-ring (bicyclic) bond motifs is 2. The average Bonchev–Trinajstić information content (AvgIpc) is 3.43. The van der Waals surface area contributed by atoms with Crippen molar-refractivity contribution in [3.8, 4) is 0 Å². The average molecular weight is 476 g/mol. The Morgan fingerprint density at radius 3 is 1.48 bits per heavy atom. The SMILES string of the molecule is Cc1cc2ccccc2[cH-]1.[Ti+2].c1ccc(P(c2ccccc2)c2cc3ccccc3[cH-]2)cc1. The minimum Gasteiger partial charge on any atom is -0.165 e. The molecule has 0 fully saturated rings. The maximum atomic E-state index is 2.35. The van der Waals surface area contributed by atoms with Crippen molar-refractivity contribution in [1.82, 2.24) is 0 Å². The third-order valence-electron chi connectivity index (χ3n) is 5.65. The Morgan fingerprint density at radius 2 is 0.970 bits per heavy atom. The van der Waals surface area contributed by atoms with Crippen LogP contribution in [0.5, 0.6) is 0 Å². The van der Waals surface area contributed by atoms with Crippen LogP contribution in [-0.2, 0) is 21.7 Å². The number of rotatable bonds is 3.